The molecule has 0 fully saturated rings. The summed E-state index contributed by atoms with van der Waals surface area (Å²) in [6.45, 7) is -0.125. The van der Waals surface area contributed by atoms with Crippen LogP contribution in [0.15, 0.2) is 54.6 Å². The van der Waals surface area contributed by atoms with E-state index >= 15 is 0 Å². The molecule has 0 radical (unpaired) electrons. The highest BCUT2D eigenvalue weighted by molar-refractivity contribution is 5.96. The van der Waals surface area contributed by atoms with Gasteiger partial charge in [0.05, 0.1) is 0 Å². The summed E-state index contributed by atoms with van der Waals surface area (Å²) in [5.74, 6) is -0.203. The van der Waals surface area contributed by atoms with E-state index in [0.29, 0.717) is 17.1 Å². The third-order valence-electron chi connectivity index (χ3n) is 3.70. The zero-order valence-electron chi connectivity index (χ0n) is 14.8. The summed E-state index contributed by atoms with van der Waals surface area (Å²) in [5, 5.41) is 4.62. The van der Waals surface area contributed by atoms with Crippen LogP contribution in [0.2, 0.25) is 0 Å². The van der Waals surface area contributed by atoms with Gasteiger partial charge < -0.3 is 19.5 Å². The van der Waals surface area contributed by atoms with Crippen molar-refractivity contribution in [1.29, 1.82) is 0 Å². The monoisotopic (exact) mass is 382 g/mol. The summed E-state index contributed by atoms with van der Waals surface area (Å²) >= 11 is 0. The Kier molecular flexibility index (Phi) is 6.25. The number of fused-ring (bicyclic) bond motifs is 1. The van der Waals surface area contributed by atoms with E-state index in [-0.39, 0.29) is 13.3 Å². The molecule has 8 nitrogen and oxygen atoms in total. The molecule has 0 aliphatic carbocycles. The highest BCUT2D eigenvalue weighted by Gasteiger charge is 2.13. The lowest BCUT2D eigenvalue weighted by molar-refractivity contribution is -0.143. The molecule has 2 aromatic rings. The molecule has 0 saturated carbocycles. The maximum atomic E-state index is 11.7. The van der Waals surface area contributed by atoms with Crippen molar-refractivity contribution in [3.05, 3.63) is 65.7 Å². The highest BCUT2D eigenvalue weighted by atomic mass is 16.7. The summed E-state index contributed by atoms with van der Waals surface area (Å²) < 4.78 is 15.3. The second-order valence-electron chi connectivity index (χ2n) is 5.77. The predicted octanol–water partition coefficient (Wildman–Crippen LogP) is 2.00. The zero-order chi connectivity index (χ0) is 19.8. The molecule has 0 aromatic heterocycles. The van der Waals surface area contributed by atoms with Crippen molar-refractivity contribution in [3.63, 3.8) is 0 Å². The van der Waals surface area contributed by atoms with Gasteiger partial charge in [0.1, 0.15) is 0 Å². The Morgan fingerprint density at radius 2 is 1.82 bits per heavy atom. The molecule has 28 heavy (non-hydrogen) atoms. The zero-order valence-corrected chi connectivity index (χ0v) is 14.8. The van der Waals surface area contributed by atoms with Crippen molar-refractivity contribution in [2.75, 3.05) is 13.4 Å². The van der Waals surface area contributed by atoms with Crippen molar-refractivity contribution in [3.8, 4) is 11.5 Å². The van der Waals surface area contributed by atoms with E-state index < -0.39 is 24.5 Å². The molecule has 0 bridgehead atoms. The Balaban J connectivity index is 1.37. The molecule has 3 rings (SSSR count). The number of urea groups is 1. The maximum absolute atomic E-state index is 11.7. The second-order valence-corrected chi connectivity index (χ2v) is 5.77. The molecule has 1 heterocycles. The number of amides is 3. The molecular weight excluding hydrogens is 364 g/mol. The van der Waals surface area contributed by atoms with E-state index in [0.717, 1.165) is 5.56 Å². The summed E-state index contributed by atoms with van der Waals surface area (Å²) in [7, 11) is 0. The van der Waals surface area contributed by atoms with Crippen molar-refractivity contribution < 1.29 is 28.6 Å². The van der Waals surface area contributed by atoms with Gasteiger partial charge in [0, 0.05) is 12.6 Å². The first-order chi connectivity index (χ1) is 13.6. The fraction of sp³-hybridized carbons (Fsp3) is 0.150. The number of carbonyl (C=O) groups is 3. The van der Waals surface area contributed by atoms with Crippen LogP contribution in [0.25, 0.3) is 6.08 Å². The smallest absolute Gasteiger partial charge is 0.331 e. The maximum Gasteiger partial charge on any atom is 0.331 e. The Hall–Kier alpha value is -3.81. The number of benzene rings is 2. The number of carbonyl (C=O) groups excluding carboxylic acids is 3. The highest BCUT2D eigenvalue weighted by Crippen LogP contribution is 2.32. The van der Waals surface area contributed by atoms with Crippen LogP contribution in [0.4, 0.5) is 4.79 Å². The fourth-order valence-corrected chi connectivity index (χ4v) is 2.35. The minimum atomic E-state index is -0.726. The topological polar surface area (TPSA) is 103 Å². The number of hydrogen-bond acceptors (Lipinski definition) is 6. The normalized spacial score (nSPS) is 11.9. The molecule has 1 aliphatic heterocycles. The van der Waals surface area contributed by atoms with Gasteiger partial charge in [-0.3, -0.25) is 10.1 Å². The summed E-state index contributed by atoms with van der Waals surface area (Å²) in [6.07, 6.45) is 2.70. The van der Waals surface area contributed by atoms with Crippen LogP contribution < -0.4 is 20.1 Å². The minimum absolute atomic E-state index is 0.165. The number of imide groups is 1. The van der Waals surface area contributed by atoms with Crippen LogP contribution >= 0.6 is 0 Å². The van der Waals surface area contributed by atoms with Crippen molar-refractivity contribution in [1.82, 2.24) is 10.6 Å². The van der Waals surface area contributed by atoms with E-state index in [1.807, 2.05) is 30.3 Å². The number of hydrogen-bond donors (Lipinski definition) is 2. The van der Waals surface area contributed by atoms with Gasteiger partial charge in [0.2, 0.25) is 6.79 Å². The molecule has 0 unspecified atom stereocenters. The van der Waals surface area contributed by atoms with Crippen LogP contribution in [0.3, 0.4) is 0 Å². The molecule has 2 N–H and O–H groups in total. The summed E-state index contributed by atoms with van der Waals surface area (Å²) in [4.78, 5) is 35.0. The Morgan fingerprint density at radius 1 is 1.04 bits per heavy atom. The summed E-state index contributed by atoms with van der Waals surface area (Å²) in [6, 6.07) is 13.8. The fourth-order valence-electron chi connectivity index (χ4n) is 2.35. The molecular formula is C20H18N2O6. The average Bonchev–Trinajstić information content (AvgIpc) is 3.18. The first-order valence-electron chi connectivity index (χ1n) is 8.46. The van der Waals surface area contributed by atoms with E-state index in [1.165, 1.54) is 12.2 Å². The molecule has 0 atom stereocenters. The predicted molar refractivity (Wildman–Crippen MR) is 99.4 cm³/mol. The van der Waals surface area contributed by atoms with Crippen molar-refractivity contribution >= 4 is 24.0 Å². The van der Waals surface area contributed by atoms with Crippen LogP contribution in [-0.4, -0.2) is 31.3 Å². The first kappa shape index (κ1) is 19.0. The van der Waals surface area contributed by atoms with Gasteiger partial charge in [-0.25, -0.2) is 9.59 Å². The quantitative estimate of drug-likeness (QED) is 0.585. The Morgan fingerprint density at radius 3 is 2.64 bits per heavy atom. The Bertz CT molecular complexity index is 895. The number of esters is 1. The van der Waals surface area contributed by atoms with Crippen LogP contribution in [0.1, 0.15) is 11.1 Å². The summed E-state index contributed by atoms with van der Waals surface area (Å²) in [5.41, 5.74) is 1.61. The van der Waals surface area contributed by atoms with Gasteiger partial charge in [0.25, 0.3) is 5.91 Å². The van der Waals surface area contributed by atoms with Gasteiger partial charge in [-0.2, -0.15) is 0 Å². The lowest BCUT2D eigenvalue weighted by atomic mass is 10.2. The van der Waals surface area contributed by atoms with E-state index in [4.69, 9.17) is 14.2 Å². The first-order valence-corrected chi connectivity index (χ1v) is 8.46. The van der Waals surface area contributed by atoms with Gasteiger partial charge in [-0.15, -0.1) is 0 Å². The van der Waals surface area contributed by atoms with E-state index in [1.54, 1.807) is 18.2 Å². The molecule has 1 aliphatic rings. The molecule has 144 valence electrons. The molecule has 8 heteroatoms. The number of nitrogens with one attached hydrogen (secondary N) is 2. The lowest BCUT2D eigenvalue weighted by Crippen LogP contribution is -2.41. The van der Waals surface area contributed by atoms with E-state index in [9.17, 15) is 14.4 Å². The van der Waals surface area contributed by atoms with Gasteiger partial charge >= 0.3 is 12.0 Å². The third-order valence-corrected chi connectivity index (χ3v) is 3.70. The number of ether oxygens (including phenoxy) is 3. The molecule has 0 saturated heterocycles. The minimum Gasteiger partial charge on any atom is -0.454 e. The van der Waals surface area contributed by atoms with Gasteiger partial charge in [-0.1, -0.05) is 36.4 Å². The van der Waals surface area contributed by atoms with Gasteiger partial charge in [0.15, 0.2) is 18.1 Å². The number of rotatable bonds is 6. The van der Waals surface area contributed by atoms with Crippen LogP contribution in [0, 0.1) is 0 Å². The molecule has 2 aromatic carbocycles. The molecule has 3 amide bonds. The SMILES string of the molecule is O=C(COC(=O)/C=C/c1ccc2c(c1)OCO2)NC(=O)NCc1ccccc1. The second kappa shape index (κ2) is 9.22. The van der Waals surface area contributed by atoms with Crippen LogP contribution in [-0.2, 0) is 20.9 Å². The van der Waals surface area contributed by atoms with Crippen molar-refractivity contribution in [2.24, 2.45) is 0 Å². The lowest BCUT2D eigenvalue weighted by Gasteiger charge is -2.07. The average molecular weight is 382 g/mol. The van der Waals surface area contributed by atoms with E-state index in [2.05, 4.69) is 10.6 Å². The van der Waals surface area contributed by atoms with Crippen molar-refractivity contribution in [2.45, 2.75) is 6.54 Å². The van der Waals surface area contributed by atoms with Crippen LogP contribution in [0.5, 0.6) is 11.5 Å². The largest absolute Gasteiger partial charge is 0.454 e. The molecule has 0 spiro atoms. The standard InChI is InChI=1S/C20H18N2O6/c23-18(22-20(25)21-11-15-4-2-1-3-5-15)12-26-19(24)9-7-14-6-8-16-17(10-14)28-13-27-16/h1-10H,11-13H2,(H2,21,22,23,25)/b9-7+. The third kappa shape index (κ3) is 5.60. The van der Waals surface area contributed by atoms with Gasteiger partial charge in [-0.05, 0) is 29.3 Å². The Labute approximate surface area is 161 Å².